The van der Waals surface area contributed by atoms with Crippen LogP contribution in [0.2, 0.25) is 0 Å². The number of allylic oxidation sites excluding steroid dienone is 2. The van der Waals surface area contributed by atoms with E-state index in [-0.39, 0.29) is 5.41 Å². The SMILES string of the molecule is CCCCC(=O)[C@@](C)(CC)CCC=C(C)C. The molecule has 0 radical (unpaired) electrons. The van der Waals surface area contributed by atoms with Crippen molar-refractivity contribution in [2.75, 3.05) is 0 Å². The van der Waals surface area contributed by atoms with Crippen molar-refractivity contribution in [1.82, 2.24) is 0 Å². The van der Waals surface area contributed by atoms with Gasteiger partial charge in [0, 0.05) is 11.8 Å². The highest BCUT2D eigenvalue weighted by Crippen LogP contribution is 2.31. The molecule has 94 valence electrons. The number of carbonyl (C=O) groups is 1. The standard InChI is InChI=1S/C15H28O/c1-6-8-11-14(16)15(5,7-2)12-9-10-13(3)4/h10H,6-9,11-12H2,1-5H3/t15-/m0/s1. The maximum atomic E-state index is 12.1. The van der Waals surface area contributed by atoms with Crippen molar-refractivity contribution < 1.29 is 4.79 Å². The molecule has 0 saturated heterocycles. The topological polar surface area (TPSA) is 17.1 Å². The summed E-state index contributed by atoms with van der Waals surface area (Å²) in [6.45, 7) is 10.6. The van der Waals surface area contributed by atoms with Gasteiger partial charge in [0.1, 0.15) is 5.78 Å². The molecule has 16 heavy (non-hydrogen) atoms. The van der Waals surface area contributed by atoms with E-state index in [1.807, 2.05) is 0 Å². The number of carbonyl (C=O) groups excluding carboxylic acids is 1. The second-order valence-electron chi connectivity index (χ2n) is 5.26. The highest BCUT2D eigenvalue weighted by Gasteiger charge is 2.29. The van der Waals surface area contributed by atoms with Crippen LogP contribution in [0.25, 0.3) is 0 Å². The van der Waals surface area contributed by atoms with Gasteiger partial charge in [-0.1, -0.05) is 38.8 Å². The smallest absolute Gasteiger partial charge is 0.138 e. The lowest BCUT2D eigenvalue weighted by atomic mass is 9.77. The minimum absolute atomic E-state index is 0.0961. The monoisotopic (exact) mass is 224 g/mol. The fraction of sp³-hybridized carbons (Fsp3) is 0.800. The van der Waals surface area contributed by atoms with Crippen LogP contribution in [0.4, 0.5) is 0 Å². The van der Waals surface area contributed by atoms with Crippen LogP contribution in [0, 0.1) is 5.41 Å². The molecule has 1 heteroatoms. The van der Waals surface area contributed by atoms with Gasteiger partial charge < -0.3 is 0 Å². The Morgan fingerprint density at radius 2 is 1.88 bits per heavy atom. The molecule has 0 fully saturated rings. The highest BCUT2D eigenvalue weighted by atomic mass is 16.1. The largest absolute Gasteiger partial charge is 0.299 e. The average molecular weight is 224 g/mol. The third kappa shape index (κ3) is 5.48. The van der Waals surface area contributed by atoms with Gasteiger partial charge in [0.05, 0.1) is 0 Å². The highest BCUT2D eigenvalue weighted by molar-refractivity contribution is 5.84. The van der Waals surface area contributed by atoms with Gasteiger partial charge in [0.25, 0.3) is 0 Å². The van der Waals surface area contributed by atoms with Crippen LogP contribution in [0.15, 0.2) is 11.6 Å². The Balaban J connectivity index is 4.29. The molecule has 0 bridgehead atoms. The number of hydrogen-bond acceptors (Lipinski definition) is 1. The molecule has 0 rings (SSSR count). The fourth-order valence-electron chi connectivity index (χ4n) is 1.83. The van der Waals surface area contributed by atoms with E-state index in [1.165, 1.54) is 5.57 Å². The number of unbranched alkanes of at least 4 members (excludes halogenated alkanes) is 1. The van der Waals surface area contributed by atoms with Gasteiger partial charge in [-0.25, -0.2) is 0 Å². The number of ketones is 1. The first-order valence-corrected chi connectivity index (χ1v) is 6.63. The molecular formula is C15H28O. The summed E-state index contributed by atoms with van der Waals surface area (Å²) in [5, 5.41) is 0. The average Bonchev–Trinajstić information content (AvgIpc) is 2.24. The zero-order valence-electron chi connectivity index (χ0n) is 11.7. The van der Waals surface area contributed by atoms with E-state index in [4.69, 9.17) is 0 Å². The summed E-state index contributed by atoms with van der Waals surface area (Å²) in [4.78, 5) is 12.1. The summed E-state index contributed by atoms with van der Waals surface area (Å²) < 4.78 is 0. The van der Waals surface area contributed by atoms with Crippen LogP contribution >= 0.6 is 0 Å². The van der Waals surface area contributed by atoms with Crippen LogP contribution in [0.5, 0.6) is 0 Å². The maximum absolute atomic E-state index is 12.1. The first kappa shape index (κ1) is 15.4. The van der Waals surface area contributed by atoms with Crippen LogP contribution in [0.1, 0.15) is 73.1 Å². The van der Waals surface area contributed by atoms with Crippen molar-refractivity contribution in [3.8, 4) is 0 Å². The fourth-order valence-corrected chi connectivity index (χ4v) is 1.83. The summed E-state index contributed by atoms with van der Waals surface area (Å²) >= 11 is 0. The second kappa shape index (κ2) is 7.65. The first-order chi connectivity index (χ1) is 7.46. The molecule has 0 amide bonds. The third-order valence-electron chi connectivity index (χ3n) is 3.46. The molecule has 1 nitrogen and oxygen atoms in total. The van der Waals surface area contributed by atoms with Crippen molar-refractivity contribution >= 4 is 5.78 Å². The molecule has 0 aromatic carbocycles. The molecule has 0 aliphatic rings. The molecule has 0 N–H and O–H groups in total. The van der Waals surface area contributed by atoms with E-state index < -0.39 is 0 Å². The van der Waals surface area contributed by atoms with Gasteiger partial charge in [0.2, 0.25) is 0 Å². The number of hydrogen-bond donors (Lipinski definition) is 0. The second-order valence-corrected chi connectivity index (χ2v) is 5.26. The van der Waals surface area contributed by atoms with Crippen molar-refractivity contribution in [1.29, 1.82) is 0 Å². The first-order valence-electron chi connectivity index (χ1n) is 6.63. The minimum atomic E-state index is -0.0961. The predicted molar refractivity (Wildman–Crippen MR) is 71.6 cm³/mol. The lowest BCUT2D eigenvalue weighted by Gasteiger charge is -2.26. The van der Waals surface area contributed by atoms with Gasteiger partial charge in [0.15, 0.2) is 0 Å². The Morgan fingerprint density at radius 3 is 2.31 bits per heavy atom. The van der Waals surface area contributed by atoms with Crippen molar-refractivity contribution in [3.63, 3.8) is 0 Å². The molecule has 1 atom stereocenters. The van der Waals surface area contributed by atoms with E-state index in [2.05, 4.69) is 40.7 Å². The number of rotatable bonds is 8. The molecular weight excluding hydrogens is 196 g/mol. The lowest BCUT2D eigenvalue weighted by Crippen LogP contribution is -2.26. The van der Waals surface area contributed by atoms with Crippen LogP contribution in [0.3, 0.4) is 0 Å². The maximum Gasteiger partial charge on any atom is 0.138 e. The summed E-state index contributed by atoms with van der Waals surface area (Å²) in [6, 6.07) is 0. The van der Waals surface area contributed by atoms with Gasteiger partial charge in [-0.15, -0.1) is 0 Å². The molecule has 0 aromatic heterocycles. The Bertz CT molecular complexity index is 236. The van der Waals surface area contributed by atoms with E-state index in [1.54, 1.807) is 0 Å². The van der Waals surface area contributed by atoms with Crippen molar-refractivity contribution in [3.05, 3.63) is 11.6 Å². The van der Waals surface area contributed by atoms with Crippen LogP contribution in [-0.2, 0) is 4.79 Å². The van der Waals surface area contributed by atoms with E-state index in [0.717, 1.165) is 38.5 Å². The van der Waals surface area contributed by atoms with Gasteiger partial charge >= 0.3 is 0 Å². The summed E-state index contributed by atoms with van der Waals surface area (Å²) in [7, 11) is 0. The molecule has 0 heterocycles. The molecule has 0 unspecified atom stereocenters. The molecule has 0 aromatic rings. The molecule has 0 aliphatic carbocycles. The summed E-state index contributed by atoms with van der Waals surface area (Å²) in [5.41, 5.74) is 1.25. The normalized spacial score (nSPS) is 14.3. The third-order valence-corrected chi connectivity index (χ3v) is 3.46. The predicted octanol–water partition coefficient (Wildman–Crippen LogP) is 4.91. The molecule has 0 aliphatic heterocycles. The Morgan fingerprint density at radius 1 is 1.25 bits per heavy atom. The Kier molecular flexibility index (Phi) is 7.36. The summed E-state index contributed by atoms with van der Waals surface area (Å²) in [5.74, 6) is 0.457. The Hall–Kier alpha value is -0.590. The van der Waals surface area contributed by atoms with Crippen LogP contribution < -0.4 is 0 Å². The summed E-state index contributed by atoms with van der Waals surface area (Å²) in [6.07, 6.45) is 8.14. The molecule has 0 spiro atoms. The van der Waals surface area contributed by atoms with E-state index in [9.17, 15) is 4.79 Å². The Labute approximate surface area is 101 Å². The van der Waals surface area contributed by atoms with Gasteiger partial charge in [-0.2, -0.15) is 0 Å². The lowest BCUT2D eigenvalue weighted by molar-refractivity contribution is -0.128. The quantitative estimate of drug-likeness (QED) is 0.535. The van der Waals surface area contributed by atoms with E-state index >= 15 is 0 Å². The van der Waals surface area contributed by atoms with Crippen LogP contribution in [-0.4, -0.2) is 5.78 Å². The van der Waals surface area contributed by atoms with Crippen molar-refractivity contribution in [2.24, 2.45) is 5.41 Å². The zero-order valence-corrected chi connectivity index (χ0v) is 11.7. The van der Waals surface area contributed by atoms with Gasteiger partial charge in [-0.05, 0) is 39.5 Å². The zero-order chi connectivity index (χ0) is 12.6. The van der Waals surface area contributed by atoms with E-state index in [0.29, 0.717) is 5.78 Å². The molecule has 0 saturated carbocycles. The van der Waals surface area contributed by atoms with Crippen molar-refractivity contribution in [2.45, 2.75) is 73.1 Å². The minimum Gasteiger partial charge on any atom is -0.299 e. The number of Topliss-reactive ketones (excluding diaryl/α,β-unsaturated/α-hetero) is 1. The van der Waals surface area contributed by atoms with Gasteiger partial charge in [-0.3, -0.25) is 4.79 Å².